The number of phenolic OH excluding ortho intramolecular Hbond substituents is 1. The van der Waals surface area contributed by atoms with Gasteiger partial charge >= 0.3 is 0 Å². The van der Waals surface area contributed by atoms with Crippen molar-refractivity contribution < 1.29 is 28.4 Å². The van der Waals surface area contributed by atoms with E-state index in [1.165, 1.54) is 0 Å². The van der Waals surface area contributed by atoms with Crippen LogP contribution in [0, 0.1) is 12.8 Å². The Bertz CT molecular complexity index is 2680. The number of rotatable bonds is 15. The molecule has 6 atom stereocenters. The van der Waals surface area contributed by atoms with Crippen LogP contribution in [0.1, 0.15) is 96.7 Å². The fourth-order valence-electron chi connectivity index (χ4n) is 10.8. The summed E-state index contributed by atoms with van der Waals surface area (Å²) < 4.78 is 19.0. The van der Waals surface area contributed by atoms with Gasteiger partial charge in [0.1, 0.15) is 24.3 Å². The molecule has 3 aromatic heterocycles. The van der Waals surface area contributed by atoms with E-state index in [0.29, 0.717) is 48.5 Å². The Morgan fingerprint density at radius 2 is 1.75 bits per heavy atom. The smallest absolute Gasteiger partial charge is 0.254 e. The van der Waals surface area contributed by atoms with E-state index in [0.717, 1.165) is 85.3 Å². The minimum absolute atomic E-state index is 0.0377. The molecule has 0 aliphatic carbocycles. The summed E-state index contributed by atoms with van der Waals surface area (Å²) in [6.07, 6.45) is 2.29. The molecule has 7 heterocycles. The molecular weight excluding hydrogens is 945 g/mol. The molecule has 9 rings (SSSR count). The predicted octanol–water partition coefficient (Wildman–Crippen LogP) is 8.73. The van der Waals surface area contributed by atoms with Crippen molar-refractivity contribution in [2.24, 2.45) is 5.92 Å². The molecule has 386 valence electrons. The molecule has 3 saturated heterocycles. The van der Waals surface area contributed by atoms with E-state index in [1.54, 1.807) is 28.4 Å². The molecule has 2 amide bonds. The van der Waals surface area contributed by atoms with Crippen molar-refractivity contribution in [3.05, 3.63) is 83.2 Å². The van der Waals surface area contributed by atoms with Crippen LogP contribution in [0.4, 0.5) is 11.5 Å². The van der Waals surface area contributed by atoms with E-state index in [4.69, 9.17) is 13.7 Å². The zero-order valence-corrected chi connectivity index (χ0v) is 45.5. The molecule has 3 N–H and O–H groups in total. The summed E-state index contributed by atoms with van der Waals surface area (Å²) in [4.78, 5) is 44.1. The van der Waals surface area contributed by atoms with E-state index >= 15 is 0 Å². The van der Waals surface area contributed by atoms with E-state index < -0.39 is 20.3 Å². The number of aryl methyl sites for hydroxylation is 1. The number of para-hydroxylation sites is 1. The number of carbonyl (C=O) groups excluding carboxylic acids is 2. The molecular formula is C54H74N10O6SSi. The number of aromatic hydroxyl groups is 1. The quantitative estimate of drug-likeness (QED) is 0.0850. The zero-order valence-electron chi connectivity index (χ0n) is 43.7. The lowest BCUT2D eigenvalue weighted by Crippen LogP contribution is -2.63. The molecule has 4 aliphatic rings. The van der Waals surface area contributed by atoms with Crippen LogP contribution in [0.5, 0.6) is 11.6 Å². The third-order valence-corrected chi connectivity index (χ3v) is 21.5. The van der Waals surface area contributed by atoms with Crippen LogP contribution in [-0.2, 0) is 14.0 Å². The summed E-state index contributed by atoms with van der Waals surface area (Å²) in [7, 11) is -2.23. The molecule has 18 heteroatoms. The highest BCUT2D eigenvalue weighted by Crippen LogP contribution is 2.41. The Kier molecular flexibility index (Phi) is 15.2. The molecule has 72 heavy (non-hydrogen) atoms. The Morgan fingerprint density at radius 1 is 1.00 bits per heavy atom. The first-order valence-corrected chi connectivity index (χ1v) is 29.7. The van der Waals surface area contributed by atoms with Crippen molar-refractivity contribution in [2.45, 2.75) is 135 Å². The molecule has 5 aromatic rings. The Labute approximate surface area is 430 Å². The maximum atomic E-state index is 14.9. The third kappa shape index (κ3) is 10.9. The summed E-state index contributed by atoms with van der Waals surface area (Å²) in [5, 5.41) is 30.6. The summed E-state index contributed by atoms with van der Waals surface area (Å²) in [5.41, 5.74) is 7.31. The summed E-state index contributed by atoms with van der Waals surface area (Å²) in [5.74, 6) is 0.583. The number of nitrogens with zero attached hydrogens (tertiary/aromatic N) is 8. The number of benzene rings is 2. The van der Waals surface area contributed by atoms with Gasteiger partial charge in [-0.05, 0) is 105 Å². The lowest BCUT2D eigenvalue weighted by molar-refractivity contribution is -0.141. The average molecular weight is 1020 g/mol. The van der Waals surface area contributed by atoms with Gasteiger partial charge in [-0.25, -0.2) is 4.98 Å². The number of ether oxygens (including phenoxy) is 1. The highest BCUT2D eigenvalue weighted by Gasteiger charge is 2.48. The van der Waals surface area contributed by atoms with E-state index in [2.05, 4.69) is 105 Å². The third-order valence-electron chi connectivity index (χ3n) is 16.0. The number of piperidine rings is 1. The SMILES string of the molecule is Cc1ncsc1-c1ccc([C@H](C)NC(=O)[C@@H]2C[C@@H](O[Si](C)(C)C(C)(C)C)CN2C(=O)[C@@H](c2cc(OCCN3CCC(N4CCN5c6cc(-c7ccccc7O)nnc6N[C@H](C)[C@H]5C4)CC3)no2)C(C)C)cc1. The molecule has 0 spiro atoms. The molecule has 16 nitrogen and oxygen atoms in total. The number of hydrogen-bond acceptors (Lipinski definition) is 15. The average Bonchev–Trinajstić information content (AvgIpc) is 4.11. The maximum Gasteiger partial charge on any atom is 0.254 e. The number of phenols is 1. The second-order valence-electron chi connectivity index (χ2n) is 22.2. The summed E-state index contributed by atoms with van der Waals surface area (Å²) in [6, 6.07) is 19.3. The van der Waals surface area contributed by atoms with Gasteiger partial charge in [-0.2, -0.15) is 0 Å². The van der Waals surface area contributed by atoms with Crippen molar-refractivity contribution in [2.75, 3.05) is 62.6 Å². The van der Waals surface area contributed by atoms with Crippen molar-refractivity contribution in [3.63, 3.8) is 0 Å². The largest absolute Gasteiger partial charge is 0.507 e. The number of thiazole rings is 1. The normalized spacial score (nSPS) is 22.0. The highest BCUT2D eigenvalue weighted by molar-refractivity contribution is 7.13. The molecule has 2 aromatic carbocycles. The molecule has 0 bridgehead atoms. The van der Waals surface area contributed by atoms with Crippen molar-refractivity contribution in [1.29, 1.82) is 0 Å². The first kappa shape index (κ1) is 51.5. The maximum absolute atomic E-state index is 14.9. The van der Waals surface area contributed by atoms with Gasteiger partial charge in [0.05, 0.1) is 45.7 Å². The van der Waals surface area contributed by atoms with Crippen molar-refractivity contribution >= 4 is 43.0 Å². The standard InChI is InChI=1S/C54H74N10O6SSi/c1-33(2)49(53(67)64-30-40(70-72(9,10)54(6,7)8)27-44(64)52(66)57-34(3)37-15-17-38(18-16-37)50-36(5)55-32-71-50)47-29-48(60-69-47)68-26-25-61-21-19-39(20-22-61)62-23-24-63-43-28-42(41-13-11-12-14-46(41)65)58-59-51(43)56-35(4)45(63)31-62/h11-18,28-29,32-35,39-40,44-45,49,65H,19-27,30-31H2,1-10H3,(H,56,59)(H,57,66)/t34-,35+,40+,44-,45+,49+/m0/s1. The number of carbonyl (C=O) groups is 2. The highest BCUT2D eigenvalue weighted by atomic mass is 32.1. The second kappa shape index (κ2) is 21.2. The minimum Gasteiger partial charge on any atom is -0.507 e. The topological polar surface area (TPSA) is 175 Å². The van der Waals surface area contributed by atoms with E-state index in [-0.39, 0.29) is 52.7 Å². The van der Waals surface area contributed by atoms with Gasteiger partial charge < -0.3 is 39.2 Å². The van der Waals surface area contributed by atoms with Crippen LogP contribution in [0.15, 0.2) is 70.7 Å². The lowest BCUT2D eigenvalue weighted by atomic mass is 9.91. The fraction of sp³-hybridized carbons (Fsp3) is 0.556. The lowest BCUT2D eigenvalue weighted by Gasteiger charge is -2.51. The van der Waals surface area contributed by atoms with Gasteiger partial charge in [0.25, 0.3) is 5.88 Å². The summed E-state index contributed by atoms with van der Waals surface area (Å²) in [6.45, 7) is 27.6. The van der Waals surface area contributed by atoms with Gasteiger partial charge in [0, 0.05) is 62.9 Å². The second-order valence-corrected chi connectivity index (χ2v) is 27.9. The number of aromatic nitrogens is 4. The number of anilines is 2. The first-order valence-electron chi connectivity index (χ1n) is 25.9. The number of piperazine rings is 1. The van der Waals surface area contributed by atoms with Crippen LogP contribution < -0.4 is 20.3 Å². The number of amides is 2. The zero-order chi connectivity index (χ0) is 51.1. The van der Waals surface area contributed by atoms with Crippen molar-refractivity contribution in [1.82, 2.24) is 40.4 Å². The minimum atomic E-state index is -2.23. The Hall–Kier alpha value is -5.40. The molecule has 4 aliphatic heterocycles. The first-order chi connectivity index (χ1) is 34.3. The summed E-state index contributed by atoms with van der Waals surface area (Å²) >= 11 is 1.61. The van der Waals surface area contributed by atoms with Crippen LogP contribution in [0.3, 0.4) is 0 Å². The Morgan fingerprint density at radius 3 is 2.44 bits per heavy atom. The number of likely N-dealkylation sites (tertiary alicyclic amines) is 2. The van der Waals surface area contributed by atoms with Gasteiger partial charge in [-0.15, -0.1) is 21.5 Å². The van der Waals surface area contributed by atoms with Gasteiger partial charge in [-0.1, -0.05) is 71.0 Å². The van der Waals surface area contributed by atoms with Crippen LogP contribution in [0.2, 0.25) is 18.1 Å². The van der Waals surface area contributed by atoms with E-state index in [1.807, 2.05) is 63.5 Å². The molecule has 0 saturated carbocycles. The number of nitrogens with one attached hydrogen (secondary N) is 2. The van der Waals surface area contributed by atoms with Crippen LogP contribution in [-0.4, -0.2) is 143 Å². The van der Waals surface area contributed by atoms with Crippen LogP contribution >= 0.6 is 11.3 Å². The predicted molar refractivity (Wildman–Crippen MR) is 285 cm³/mol. The van der Waals surface area contributed by atoms with Gasteiger partial charge in [0.2, 0.25) is 11.8 Å². The van der Waals surface area contributed by atoms with Gasteiger partial charge in [0.15, 0.2) is 19.9 Å². The number of hydrogen-bond donors (Lipinski definition) is 3. The van der Waals surface area contributed by atoms with Gasteiger partial charge in [-0.3, -0.25) is 19.4 Å². The molecule has 0 unspecified atom stereocenters. The Balaban J connectivity index is 0.790. The van der Waals surface area contributed by atoms with E-state index in [9.17, 15) is 14.7 Å². The van der Waals surface area contributed by atoms with Crippen molar-refractivity contribution in [3.8, 4) is 33.3 Å². The van der Waals surface area contributed by atoms with Crippen LogP contribution in [0.25, 0.3) is 21.7 Å². The molecule has 0 radical (unpaired) electrons. The monoisotopic (exact) mass is 1020 g/mol. The number of fused-ring (bicyclic) bond motifs is 3. The molecule has 3 fully saturated rings. The fourth-order valence-corrected chi connectivity index (χ4v) is 12.9.